The second kappa shape index (κ2) is 6.48. The maximum atomic E-state index is 13.6. The Morgan fingerprint density at radius 3 is 2.52 bits per heavy atom. The highest BCUT2D eigenvalue weighted by Gasteiger charge is 2.05. The molecule has 106 valence electrons. The first-order valence-electron chi connectivity index (χ1n) is 6.27. The number of nitrogens with one attached hydrogen (secondary N) is 1. The van der Waals surface area contributed by atoms with Crippen molar-refractivity contribution in [3.8, 4) is 6.07 Å². The van der Waals surface area contributed by atoms with Gasteiger partial charge in [0.1, 0.15) is 5.82 Å². The van der Waals surface area contributed by atoms with E-state index in [4.69, 9.17) is 5.26 Å². The van der Waals surface area contributed by atoms with Gasteiger partial charge < -0.3 is 5.32 Å². The Balaban J connectivity index is 1.92. The van der Waals surface area contributed by atoms with Crippen LogP contribution >= 0.6 is 0 Å². The van der Waals surface area contributed by atoms with Crippen LogP contribution in [0.5, 0.6) is 0 Å². The first-order chi connectivity index (χ1) is 10.1. The summed E-state index contributed by atoms with van der Waals surface area (Å²) in [6.07, 6.45) is 0.609. The highest BCUT2D eigenvalue weighted by atomic mass is 19.1. The van der Waals surface area contributed by atoms with E-state index in [0.29, 0.717) is 18.7 Å². The standard InChI is InChI=1S/C15H12FN3O2/c16-14-9-12(10-17)3-6-15(14)18-8-7-11-1-4-13(5-2-11)19(20)21/h1-6,9,18H,7-8H2. The molecule has 0 saturated carbocycles. The largest absolute Gasteiger partial charge is 0.382 e. The Labute approximate surface area is 120 Å². The molecule has 0 aromatic heterocycles. The maximum absolute atomic E-state index is 13.6. The zero-order chi connectivity index (χ0) is 15.2. The van der Waals surface area contributed by atoms with Gasteiger partial charge in [-0.3, -0.25) is 10.1 Å². The molecule has 0 aliphatic heterocycles. The summed E-state index contributed by atoms with van der Waals surface area (Å²) in [6, 6.07) is 12.3. The van der Waals surface area contributed by atoms with Gasteiger partial charge in [-0.25, -0.2) is 4.39 Å². The molecule has 2 rings (SSSR count). The summed E-state index contributed by atoms with van der Waals surface area (Å²) in [6.45, 7) is 0.487. The fourth-order valence-electron chi connectivity index (χ4n) is 1.85. The average molecular weight is 285 g/mol. The van der Waals surface area contributed by atoms with Gasteiger partial charge >= 0.3 is 0 Å². The van der Waals surface area contributed by atoms with Gasteiger partial charge in [0.25, 0.3) is 5.69 Å². The van der Waals surface area contributed by atoms with E-state index >= 15 is 0 Å². The summed E-state index contributed by atoms with van der Waals surface area (Å²) in [4.78, 5) is 10.1. The summed E-state index contributed by atoms with van der Waals surface area (Å²) in [5.41, 5.74) is 1.57. The van der Waals surface area contributed by atoms with Crippen molar-refractivity contribution in [1.29, 1.82) is 5.26 Å². The minimum atomic E-state index is -0.474. The van der Waals surface area contributed by atoms with E-state index in [0.717, 1.165) is 5.56 Å². The molecule has 5 nitrogen and oxygen atoms in total. The second-order valence-corrected chi connectivity index (χ2v) is 4.41. The fourth-order valence-corrected chi connectivity index (χ4v) is 1.85. The number of rotatable bonds is 5. The molecule has 0 bridgehead atoms. The lowest BCUT2D eigenvalue weighted by Gasteiger charge is -2.07. The number of nitro groups is 1. The molecule has 0 radical (unpaired) electrons. The van der Waals surface area contributed by atoms with Gasteiger partial charge in [-0.2, -0.15) is 5.26 Å². The predicted octanol–water partition coefficient (Wildman–Crippen LogP) is 3.26. The van der Waals surface area contributed by atoms with Crippen LogP contribution < -0.4 is 5.32 Å². The molecule has 1 N–H and O–H groups in total. The summed E-state index contributed by atoms with van der Waals surface area (Å²) >= 11 is 0. The quantitative estimate of drug-likeness (QED) is 0.675. The van der Waals surface area contributed by atoms with E-state index in [1.165, 1.54) is 30.3 Å². The van der Waals surface area contributed by atoms with Gasteiger partial charge in [-0.15, -0.1) is 0 Å². The molecule has 0 aliphatic carbocycles. The number of hydrogen-bond donors (Lipinski definition) is 1. The number of halogens is 1. The number of nitrogens with zero attached hydrogens (tertiary/aromatic N) is 2. The van der Waals surface area contributed by atoms with E-state index in [9.17, 15) is 14.5 Å². The molecule has 0 spiro atoms. The third-order valence-electron chi connectivity index (χ3n) is 2.97. The molecular weight excluding hydrogens is 273 g/mol. The van der Waals surface area contributed by atoms with Crippen molar-refractivity contribution in [2.24, 2.45) is 0 Å². The number of non-ortho nitro benzene ring substituents is 1. The number of nitro benzene ring substituents is 1. The van der Waals surface area contributed by atoms with E-state index in [1.807, 2.05) is 6.07 Å². The van der Waals surface area contributed by atoms with Crippen LogP contribution in [0.1, 0.15) is 11.1 Å². The monoisotopic (exact) mass is 285 g/mol. The van der Waals surface area contributed by atoms with Gasteiger partial charge in [-0.05, 0) is 30.2 Å². The normalized spacial score (nSPS) is 9.90. The maximum Gasteiger partial charge on any atom is 0.269 e. The molecule has 0 fully saturated rings. The average Bonchev–Trinajstić information content (AvgIpc) is 2.49. The zero-order valence-electron chi connectivity index (χ0n) is 11.0. The molecule has 0 atom stereocenters. The Morgan fingerprint density at radius 1 is 1.24 bits per heavy atom. The molecule has 0 aliphatic rings. The Morgan fingerprint density at radius 2 is 1.95 bits per heavy atom. The lowest BCUT2D eigenvalue weighted by atomic mass is 10.1. The zero-order valence-corrected chi connectivity index (χ0v) is 11.0. The summed E-state index contributed by atoms with van der Waals surface area (Å²) < 4.78 is 13.6. The predicted molar refractivity (Wildman–Crippen MR) is 76.4 cm³/mol. The lowest BCUT2D eigenvalue weighted by Crippen LogP contribution is -2.06. The van der Waals surface area contributed by atoms with Crippen molar-refractivity contribution in [3.63, 3.8) is 0 Å². The molecule has 2 aromatic rings. The summed E-state index contributed by atoms with van der Waals surface area (Å²) in [5.74, 6) is -0.474. The highest BCUT2D eigenvalue weighted by molar-refractivity contribution is 5.48. The fraction of sp³-hybridized carbons (Fsp3) is 0.133. The Bertz CT molecular complexity index is 693. The van der Waals surface area contributed by atoms with Crippen molar-refractivity contribution < 1.29 is 9.31 Å². The van der Waals surface area contributed by atoms with Crippen molar-refractivity contribution in [2.45, 2.75) is 6.42 Å². The van der Waals surface area contributed by atoms with Crippen LogP contribution in [-0.4, -0.2) is 11.5 Å². The first kappa shape index (κ1) is 14.5. The molecule has 6 heteroatoms. The smallest absolute Gasteiger partial charge is 0.269 e. The molecule has 2 aromatic carbocycles. The summed E-state index contributed by atoms with van der Waals surface area (Å²) in [5, 5.41) is 22.1. The topological polar surface area (TPSA) is 79.0 Å². The van der Waals surface area contributed by atoms with Crippen molar-refractivity contribution >= 4 is 11.4 Å². The lowest BCUT2D eigenvalue weighted by molar-refractivity contribution is -0.384. The van der Waals surface area contributed by atoms with Crippen molar-refractivity contribution in [3.05, 3.63) is 69.5 Å². The molecule has 21 heavy (non-hydrogen) atoms. The summed E-state index contributed by atoms with van der Waals surface area (Å²) in [7, 11) is 0. The Kier molecular flexibility index (Phi) is 4.46. The molecule has 0 heterocycles. The number of benzene rings is 2. The highest BCUT2D eigenvalue weighted by Crippen LogP contribution is 2.16. The van der Waals surface area contributed by atoms with E-state index in [-0.39, 0.29) is 11.3 Å². The van der Waals surface area contributed by atoms with Crippen LogP contribution in [0.4, 0.5) is 15.8 Å². The van der Waals surface area contributed by atoms with Gasteiger partial charge in [0.15, 0.2) is 0 Å². The Hall–Kier alpha value is -2.94. The van der Waals surface area contributed by atoms with Gasteiger partial charge in [-0.1, -0.05) is 12.1 Å². The van der Waals surface area contributed by atoms with Crippen molar-refractivity contribution in [2.75, 3.05) is 11.9 Å². The van der Waals surface area contributed by atoms with Gasteiger partial charge in [0, 0.05) is 18.7 Å². The van der Waals surface area contributed by atoms with Crippen LogP contribution in [0.3, 0.4) is 0 Å². The van der Waals surface area contributed by atoms with Crippen LogP contribution in [0.2, 0.25) is 0 Å². The van der Waals surface area contributed by atoms with Crippen LogP contribution in [-0.2, 0) is 6.42 Å². The van der Waals surface area contributed by atoms with E-state index in [1.54, 1.807) is 12.1 Å². The van der Waals surface area contributed by atoms with Crippen molar-refractivity contribution in [1.82, 2.24) is 0 Å². The van der Waals surface area contributed by atoms with E-state index in [2.05, 4.69) is 5.32 Å². The second-order valence-electron chi connectivity index (χ2n) is 4.41. The molecule has 0 amide bonds. The number of nitriles is 1. The third-order valence-corrected chi connectivity index (χ3v) is 2.97. The van der Waals surface area contributed by atoms with Crippen LogP contribution in [0.25, 0.3) is 0 Å². The van der Waals surface area contributed by atoms with Crippen LogP contribution in [0.15, 0.2) is 42.5 Å². The third kappa shape index (κ3) is 3.76. The molecule has 0 saturated heterocycles. The molecular formula is C15H12FN3O2. The minimum absolute atomic E-state index is 0.0462. The number of hydrogen-bond acceptors (Lipinski definition) is 4. The first-order valence-corrected chi connectivity index (χ1v) is 6.27. The van der Waals surface area contributed by atoms with E-state index < -0.39 is 10.7 Å². The number of anilines is 1. The molecule has 0 unspecified atom stereocenters. The van der Waals surface area contributed by atoms with Gasteiger partial charge in [0.05, 0.1) is 22.2 Å². The van der Waals surface area contributed by atoms with Gasteiger partial charge in [0.2, 0.25) is 0 Å². The SMILES string of the molecule is N#Cc1ccc(NCCc2ccc([N+](=O)[O-])cc2)c(F)c1. The minimum Gasteiger partial charge on any atom is -0.382 e. The van der Waals surface area contributed by atoms with Crippen LogP contribution in [0, 0.1) is 27.3 Å².